The topological polar surface area (TPSA) is 12.5 Å². The predicted octanol–water partition coefficient (Wildman–Crippen LogP) is 3.52. The lowest BCUT2D eigenvalue weighted by molar-refractivity contribution is -0.0345. The first-order valence-electron chi connectivity index (χ1n) is 7.82. The van der Waals surface area contributed by atoms with Gasteiger partial charge in [-0.15, -0.1) is 0 Å². The molecule has 21 heavy (non-hydrogen) atoms. The van der Waals surface area contributed by atoms with Crippen molar-refractivity contribution >= 4 is 0 Å². The van der Waals surface area contributed by atoms with Crippen LogP contribution in [0.25, 0.3) is 0 Å². The third-order valence-electron chi connectivity index (χ3n) is 4.07. The smallest absolute Gasteiger partial charge is 0.0705 e. The molecule has 0 unspecified atom stereocenters. The molecule has 110 valence electrons. The van der Waals surface area contributed by atoms with Gasteiger partial charge >= 0.3 is 0 Å². The zero-order chi connectivity index (χ0) is 14.3. The van der Waals surface area contributed by atoms with E-state index in [4.69, 9.17) is 4.74 Å². The lowest BCUT2D eigenvalue weighted by atomic mass is 10.1. The Balaban J connectivity index is 1.49. The molecule has 1 heterocycles. The normalized spacial score (nSPS) is 19.5. The van der Waals surface area contributed by atoms with Gasteiger partial charge in [0.2, 0.25) is 0 Å². The molecule has 2 aromatic carbocycles. The monoisotopic (exact) mass is 281 g/mol. The summed E-state index contributed by atoms with van der Waals surface area (Å²) >= 11 is 0. The maximum atomic E-state index is 5.93. The third kappa shape index (κ3) is 4.42. The summed E-state index contributed by atoms with van der Waals surface area (Å²) < 4.78 is 5.93. The van der Waals surface area contributed by atoms with E-state index in [0.29, 0.717) is 6.10 Å². The second-order valence-electron chi connectivity index (χ2n) is 5.74. The van der Waals surface area contributed by atoms with Crippen LogP contribution in [0.5, 0.6) is 0 Å². The Morgan fingerprint density at radius 3 is 2.29 bits per heavy atom. The molecule has 2 heteroatoms. The molecule has 3 rings (SSSR count). The number of ether oxygens (including phenoxy) is 1. The van der Waals surface area contributed by atoms with Gasteiger partial charge in [0.1, 0.15) is 0 Å². The van der Waals surface area contributed by atoms with Crippen molar-refractivity contribution in [2.75, 3.05) is 19.7 Å². The maximum absolute atomic E-state index is 5.93. The lowest BCUT2D eigenvalue weighted by Crippen LogP contribution is -2.42. The fraction of sp³-hybridized carbons (Fsp3) is 0.368. The van der Waals surface area contributed by atoms with Crippen molar-refractivity contribution < 1.29 is 4.74 Å². The Bertz CT molecular complexity index is 526. The van der Waals surface area contributed by atoms with Crippen molar-refractivity contribution in [1.82, 2.24) is 4.90 Å². The molecule has 0 spiro atoms. The van der Waals surface area contributed by atoms with Crippen LogP contribution in [0.3, 0.4) is 0 Å². The van der Waals surface area contributed by atoms with Gasteiger partial charge in [-0.05, 0) is 24.0 Å². The highest BCUT2D eigenvalue weighted by Crippen LogP contribution is 2.14. The van der Waals surface area contributed by atoms with E-state index in [1.807, 2.05) is 0 Å². The van der Waals surface area contributed by atoms with Crippen LogP contribution in [0.1, 0.15) is 17.5 Å². The quantitative estimate of drug-likeness (QED) is 0.831. The highest BCUT2D eigenvalue weighted by Gasteiger charge is 2.20. The van der Waals surface area contributed by atoms with Crippen molar-refractivity contribution in [1.29, 1.82) is 0 Å². The summed E-state index contributed by atoms with van der Waals surface area (Å²) in [6.45, 7) is 3.97. The molecule has 0 bridgehead atoms. The molecule has 0 radical (unpaired) electrons. The Kier molecular flexibility index (Phi) is 5.03. The number of benzene rings is 2. The zero-order valence-corrected chi connectivity index (χ0v) is 12.4. The van der Waals surface area contributed by atoms with Crippen LogP contribution >= 0.6 is 0 Å². The first kappa shape index (κ1) is 14.3. The molecule has 1 atom stereocenters. The summed E-state index contributed by atoms with van der Waals surface area (Å²) in [5.74, 6) is 0. The van der Waals surface area contributed by atoms with Gasteiger partial charge in [-0.1, -0.05) is 60.7 Å². The zero-order valence-electron chi connectivity index (χ0n) is 12.4. The van der Waals surface area contributed by atoms with E-state index in [9.17, 15) is 0 Å². The Labute approximate surface area is 127 Å². The molecule has 0 aromatic heterocycles. The standard InChI is InChI=1S/C19H23NO/c1-3-7-17(8-4-1)11-12-19-16-20(13-14-21-19)15-18-9-5-2-6-10-18/h1-10,19H,11-16H2/t19-/m1/s1. The molecule has 2 aromatic rings. The highest BCUT2D eigenvalue weighted by molar-refractivity contribution is 5.15. The molecule has 1 aliphatic rings. The molecule has 0 amide bonds. The van der Waals surface area contributed by atoms with Crippen molar-refractivity contribution in [3.05, 3.63) is 71.8 Å². The van der Waals surface area contributed by atoms with Gasteiger partial charge in [0.05, 0.1) is 12.7 Å². The molecular weight excluding hydrogens is 258 g/mol. The third-order valence-corrected chi connectivity index (χ3v) is 4.07. The Morgan fingerprint density at radius 1 is 0.905 bits per heavy atom. The van der Waals surface area contributed by atoms with Gasteiger partial charge in [-0.25, -0.2) is 0 Å². The second-order valence-corrected chi connectivity index (χ2v) is 5.74. The SMILES string of the molecule is c1ccc(CC[C@@H]2CN(Cc3ccccc3)CCO2)cc1. The number of hydrogen-bond donors (Lipinski definition) is 0. The predicted molar refractivity (Wildman–Crippen MR) is 86.2 cm³/mol. The minimum absolute atomic E-state index is 0.364. The van der Waals surface area contributed by atoms with E-state index in [1.165, 1.54) is 11.1 Å². The summed E-state index contributed by atoms with van der Waals surface area (Å²) in [6.07, 6.45) is 2.57. The van der Waals surface area contributed by atoms with Crippen LogP contribution in [0, 0.1) is 0 Å². The van der Waals surface area contributed by atoms with Crippen molar-refractivity contribution in [2.45, 2.75) is 25.5 Å². The van der Waals surface area contributed by atoms with E-state index in [-0.39, 0.29) is 0 Å². The summed E-state index contributed by atoms with van der Waals surface area (Å²) in [7, 11) is 0. The number of rotatable bonds is 5. The number of aryl methyl sites for hydroxylation is 1. The summed E-state index contributed by atoms with van der Waals surface area (Å²) in [5.41, 5.74) is 2.79. The average molecular weight is 281 g/mol. The minimum Gasteiger partial charge on any atom is -0.376 e. The van der Waals surface area contributed by atoms with E-state index < -0.39 is 0 Å². The van der Waals surface area contributed by atoms with Gasteiger partial charge in [0, 0.05) is 19.6 Å². The molecule has 0 saturated carbocycles. The summed E-state index contributed by atoms with van der Waals surface area (Å²) in [6, 6.07) is 21.4. The van der Waals surface area contributed by atoms with Gasteiger partial charge in [0.15, 0.2) is 0 Å². The van der Waals surface area contributed by atoms with E-state index in [2.05, 4.69) is 65.6 Å². The van der Waals surface area contributed by atoms with Gasteiger partial charge in [0.25, 0.3) is 0 Å². The van der Waals surface area contributed by atoms with Crippen molar-refractivity contribution in [2.24, 2.45) is 0 Å². The van der Waals surface area contributed by atoms with Crippen LogP contribution in [-0.2, 0) is 17.7 Å². The molecule has 1 fully saturated rings. The highest BCUT2D eigenvalue weighted by atomic mass is 16.5. The van der Waals surface area contributed by atoms with Crippen LogP contribution in [0.15, 0.2) is 60.7 Å². The Hall–Kier alpha value is -1.64. The minimum atomic E-state index is 0.364. The van der Waals surface area contributed by atoms with E-state index in [1.54, 1.807) is 0 Å². The number of hydrogen-bond acceptors (Lipinski definition) is 2. The lowest BCUT2D eigenvalue weighted by Gasteiger charge is -2.33. The molecule has 0 aliphatic carbocycles. The maximum Gasteiger partial charge on any atom is 0.0705 e. The molecule has 1 aliphatic heterocycles. The molecule has 0 N–H and O–H groups in total. The second kappa shape index (κ2) is 7.39. The van der Waals surface area contributed by atoms with Crippen LogP contribution in [-0.4, -0.2) is 30.7 Å². The summed E-state index contributed by atoms with van der Waals surface area (Å²) in [4.78, 5) is 2.51. The van der Waals surface area contributed by atoms with Crippen LogP contribution in [0.4, 0.5) is 0 Å². The van der Waals surface area contributed by atoms with Crippen molar-refractivity contribution in [3.8, 4) is 0 Å². The van der Waals surface area contributed by atoms with E-state index in [0.717, 1.165) is 39.1 Å². The Morgan fingerprint density at radius 2 is 1.57 bits per heavy atom. The fourth-order valence-corrected chi connectivity index (χ4v) is 2.91. The van der Waals surface area contributed by atoms with Gasteiger partial charge < -0.3 is 4.74 Å². The average Bonchev–Trinajstić information content (AvgIpc) is 2.55. The largest absolute Gasteiger partial charge is 0.376 e. The van der Waals surface area contributed by atoms with Crippen LogP contribution < -0.4 is 0 Å². The first-order chi connectivity index (χ1) is 10.4. The number of nitrogens with zero attached hydrogens (tertiary/aromatic N) is 1. The molecule has 1 saturated heterocycles. The van der Waals surface area contributed by atoms with Crippen molar-refractivity contribution in [3.63, 3.8) is 0 Å². The number of morpholine rings is 1. The summed E-state index contributed by atoms with van der Waals surface area (Å²) in [5, 5.41) is 0. The van der Waals surface area contributed by atoms with Crippen LogP contribution in [0.2, 0.25) is 0 Å². The fourth-order valence-electron chi connectivity index (χ4n) is 2.91. The van der Waals surface area contributed by atoms with Gasteiger partial charge in [-0.3, -0.25) is 4.90 Å². The van der Waals surface area contributed by atoms with Gasteiger partial charge in [-0.2, -0.15) is 0 Å². The first-order valence-corrected chi connectivity index (χ1v) is 7.82. The molecular formula is C19H23NO. The molecule has 2 nitrogen and oxygen atoms in total. The van der Waals surface area contributed by atoms with E-state index >= 15 is 0 Å².